The molecule has 0 fully saturated rings. The second-order valence-electron chi connectivity index (χ2n) is 6.42. The molecule has 0 aliphatic rings. The highest BCUT2D eigenvalue weighted by atomic mass is 35.5. The van der Waals surface area contributed by atoms with E-state index in [1.54, 1.807) is 13.0 Å². The molecule has 0 bridgehead atoms. The van der Waals surface area contributed by atoms with Crippen LogP contribution in [0.25, 0.3) is 11.0 Å². The maximum atomic E-state index is 12.3. The van der Waals surface area contributed by atoms with E-state index >= 15 is 0 Å². The van der Waals surface area contributed by atoms with Crippen molar-refractivity contribution in [1.29, 1.82) is 0 Å². The van der Waals surface area contributed by atoms with Crippen LogP contribution in [0.2, 0.25) is 5.02 Å². The van der Waals surface area contributed by atoms with Gasteiger partial charge < -0.3 is 18.6 Å². The van der Waals surface area contributed by atoms with E-state index in [0.29, 0.717) is 23.1 Å². The first-order chi connectivity index (χ1) is 15.8. The minimum absolute atomic E-state index is 0.0674. The Morgan fingerprint density at radius 3 is 2.73 bits per heavy atom. The lowest BCUT2D eigenvalue weighted by Crippen LogP contribution is -2.16. The lowest BCUT2D eigenvalue weighted by Gasteiger charge is -2.13. The molecule has 0 atom stereocenters. The predicted octanol–water partition coefficient (Wildman–Crippen LogP) is 3.71. The van der Waals surface area contributed by atoms with E-state index in [9.17, 15) is 19.7 Å². The molecule has 0 aliphatic heterocycles. The SMILES string of the molecule is CCOc1cc(/C=N/NC(=O)c2cc3cc([N+](=O)[O-])ccc3o2)cc(Cl)c1OCC(=O)OC. The van der Waals surface area contributed by atoms with Crippen LogP contribution in [0.15, 0.2) is 45.9 Å². The third-order valence-electron chi connectivity index (χ3n) is 4.21. The van der Waals surface area contributed by atoms with Crippen molar-refractivity contribution < 1.29 is 33.1 Å². The second kappa shape index (κ2) is 10.5. The summed E-state index contributed by atoms with van der Waals surface area (Å²) in [6.07, 6.45) is 1.32. The van der Waals surface area contributed by atoms with Crippen LogP contribution >= 0.6 is 11.6 Å². The van der Waals surface area contributed by atoms with Gasteiger partial charge in [-0.25, -0.2) is 10.2 Å². The lowest BCUT2D eigenvalue weighted by atomic mass is 10.2. The zero-order valence-electron chi connectivity index (χ0n) is 17.5. The standard InChI is InChI=1S/C21H18ClN3O8/c1-3-31-17-7-12(6-15(22)20(17)32-11-19(26)30-2)10-23-24-21(27)18-9-13-8-14(25(28)29)4-5-16(13)33-18/h4-10H,3,11H2,1-2H3,(H,24,27)/b23-10+. The number of non-ortho nitro benzene ring substituents is 1. The molecule has 2 aromatic carbocycles. The number of nitro benzene ring substituents is 1. The second-order valence-corrected chi connectivity index (χ2v) is 6.82. The van der Waals surface area contributed by atoms with Crippen molar-refractivity contribution in [3.8, 4) is 11.5 Å². The molecule has 11 nitrogen and oxygen atoms in total. The summed E-state index contributed by atoms with van der Waals surface area (Å²) in [4.78, 5) is 34.0. The number of hydrogen-bond donors (Lipinski definition) is 1. The average Bonchev–Trinajstić information content (AvgIpc) is 3.22. The fraction of sp³-hybridized carbons (Fsp3) is 0.190. The molecule has 1 heterocycles. The molecular formula is C21H18ClN3O8. The summed E-state index contributed by atoms with van der Waals surface area (Å²) in [7, 11) is 1.24. The number of rotatable bonds is 9. The van der Waals surface area contributed by atoms with E-state index in [1.165, 1.54) is 43.7 Å². The maximum absolute atomic E-state index is 12.3. The molecule has 172 valence electrons. The number of halogens is 1. The molecule has 33 heavy (non-hydrogen) atoms. The number of nitrogens with one attached hydrogen (secondary N) is 1. The quantitative estimate of drug-likeness (QED) is 0.213. The van der Waals surface area contributed by atoms with Gasteiger partial charge in [0.2, 0.25) is 0 Å². The zero-order chi connectivity index (χ0) is 24.0. The molecule has 0 unspecified atom stereocenters. The number of hydrazone groups is 1. The van der Waals surface area contributed by atoms with Crippen LogP contribution in [-0.2, 0) is 9.53 Å². The highest BCUT2D eigenvalue weighted by Gasteiger charge is 2.16. The van der Waals surface area contributed by atoms with Gasteiger partial charge in [-0.15, -0.1) is 0 Å². The smallest absolute Gasteiger partial charge is 0.343 e. The first kappa shape index (κ1) is 23.5. The first-order valence-electron chi connectivity index (χ1n) is 9.49. The summed E-state index contributed by atoms with van der Waals surface area (Å²) in [5.41, 5.74) is 2.99. The van der Waals surface area contributed by atoms with E-state index < -0.39 is 16.8 Å². The van der Waals surface area contributed by atoms with Gasteiger partial charge in [-0.1, -0.05) is 11.6 Å². The van der Waals surface area contributed by atoms with Crippen LogP contribution in [0.1, 0.15) is 23.0 Å². The Morgan fingerprint density at radius 1 is 1.24 bits per heavy atom. The third-order valence-corrected chi connectivity index (χ3v) is 4.49. The highest BCUT2D eigenvalue weighted by Crippen LogP contribution is 2.36. The number of benzene rings is 2. The molecule has 3 aromatic rings. The molecule has 1 amide bonds. The Kier molecular flexibility index (Phi) is 7.46. The van der Waals surface area contributed by atoms with Gasteiger partial charge in [0.15, 0.2) is 23.9 Å². The van der Waals surface area contributed by atoms with Crippen LogP contribution in [0.5, 0.6) is 11.5 Å². The minimum atomic E-state index is -0.653. The monoisotopic (exact) mass is 475 g/mol. The predicted molar refractivity (Wildman–Crippen MR) is 118 cm³/mol. The number of methoxy groups -OCH3 is 1. The van der Waals surface area contributed by atoms with Crippen molar-refractivity contribution >= 4 is 46.3 Å². The van der Waals surface area contributed by atoms with E-state index in [4.69, 9.17) is 25.5 Å². The summed E-state index contributed by atoms with van der Waals surface area (Å²) in [6.45, 7) is 1.73. The van der Waals surface area contributed by atoms with Crippen LogP contribution in [-0.4, -0.2) is 43.3 Å². The molecular weight excluding hydrogens is 458 g/mol. The van der Waals surface area contributed by atoms with Crippen molar-refractivity contribution in [3.05, 3.63) is 62.9 Å². The summed E-state index contributed by atoms with van der Waals surface area (Å²) < 4.78 is 20.8. The number of ether oxygens (including phenoxy) is 3. The van der Waals surface area contributed by atoms with Gasteiger partial charge in [-0.2, -0.15) is 5.10 Å². The van der Waals surface area contributed by atoms with Crippen molar-refractivity contribution in [2.45, 2.75) is 6.92 Å². The minimum Gasteiger partial charge on any atom is -0.490 e. The Bertz CT molecular complexity index is 1240. The number of carbonyl (C=O) groups is 2. The van der Waals surface area contributed by atoms with Gasteiger partial charge in [0.25, 0.3) is 5.69 Å². The molecule has 0 radical (unpaired) electrons. The fourth-order valence-electron chi connectivity index (χ4n) is 2.73. The van der Waals surface area contributed by atoms with Crippen molar-refractivity contribution in [2.75, 3.05) is 20.3 Å². The van der Waals surface area contributed by atoms with Crippen LogP contribution in [0.4, 0.5) is 5.69 Å². The lowest BCUT2D eigenvalue weighted by molar-refractivity contribution is -0.384. The molecule has 3 rings (SSSR count). The number of nitrogens with zero attached hydrogens (tertiary/aromatic N) is 2. The largest absolute Gasteiger partial charge is 0.490 e. The zero-order valence-corrected chi connectivity index (χ0v) is 18.2. The molecule has 0 aliphatic carbocycles. The van der Waals surface area contributed by atoms with E-state index in [0.717, 1.165) is 0 Å². The number of fused-ring (bicyclic) bond motifs is 1. The summed E-state index contributed by atoms with van der Waals surface area (Å²) in [5.74, 6) is -0.856. The highest BCUT2D eigenvalue weighted by molar-refractivity contribution is 6.32. The van der Waals surface area contributed by atoms with Crippen molar-refractivity contribution in [2.24, 2.45) is 5.10 Å². The molecule has 0 saturated carbocycles. The normalized spacial score (nSPS) is 10.9. The maximum Gasteiger partial charge on any atom is 0.343 e. The number of carbonyl (C=O) groups excluding carboxylic acids is 2. The average molecular weight is 476 g/mol. The van der Waals surface area contributed by atoms with Gasteiger partial charge in [0, 0.05) is 17.5 Å². The Morgan fingerprint density at radius 2 is 2.03 bits per heavy atom. The Labute approximate surface area is 192 Å². The van der Waals surface area contributed by atoms with Gasteiger partial charge >= 0.3 is 11.9 Å². The van der Waals surface area contributed by atoms with Crippen LogP contribution < -0.4 is 14.9 Å². The topological polar surface area (TPSA) is 142 Å². The number of hydrogen-bond acceptors (Lipinski definition) is 9. The molecule has 0 saturated heterocycles. The summed E-state index contributed by atoms with van der Waals surface area (Å²) in [5, 5.41) is 15.3. The molecule has 0 spiro atoms. The van der Waals surface area contributed by atoms with E-state index in [-0.39, 0.29) is 34.6 Å². The molecule has 1 N–H and O–H groups in total. The van der Waals surface area contributed by atoms with Crippen molar-refractivity contribution in [3.63, 3.8) is 0 Å². The van der Waals surface area contributed by atoms with E-state index in [1.807, 2.05) is 0 Å². The van der Waals surface area contributed by atoms with Gasteiger partial charge in [-0.05, 0) is 36.8 Å². The fourth-order valence-corrected chi connectivity index (χ4v) is 3.01. The first-order valence-corrected chi connectivity index (χ1v) is 9.87. The molecule has 12 heteroatoms. The molecule has 1 aromatic heterocycles. The third kappa shape index (κ3) is 5.77. The number of furan rings is 1. The van der Waals surface area contributed by atoms with Gasteiger partial charge in [0.1, 0.15) is 5.58 Å². The van der Waals surface area contributed by atoms with Crippen LogP contribution in [0.3, 0.4) is 0 Å². The van der Waals surface area contributed by atoms with E-state index in [2.05, 4.69) is 15.3 Å². The van der Waals surface area contributed by atoms with Crippen LogP contribution in [0, 0.1) is 10.1 Å². The van der Waals surface area contributed by atoms with Gasteiger partial charge in [-0.3, -0.25) is 14.9 Å². The van der Waals surface area contributed by atoms with Gasteiger partial charge in [0.05, 0.1) is 29.9 Å². The Balaban J connectivity index is 1.73. The summed E-state index contributed by atoms with van der Waals surface area (Å²) in [6, 6.07) is 8.45. The number of esters is 1. The number of amides is 1. The van der Waals surface area contributed by atoms with Crippen molar-refractivity contribution in [1.82, 2.24) is 5.43 Å². The summed E-state index contributed by atoms with van der Waals surface area (Å²) >= 11 is 6.25. The Hall–Kier alpha value is -4.12. The number of nitro groups is 1.